The highest BCUT2D eigenvalue weighted by Crippen LogP contribution is 2.11. The lowest BCUT2D eigenvalue weighted by atomic mass is 10.2. The minimum Gasteiger partial charge on any atom is -0.288 e. The summed E-state index contributed by atoms with van der Waals surface area (Å²) in [5.74, 6) is -0.550. The molecule has 14 heavy (non-hydrogen) atoms. The van der Waals surface area contributed by atoms with Gasteiger partial charge in [-0.15, -0.1) is 5.10 Å². The first-order valence-corrected chi connectivity index (χ1v) is 4.60. The Labute approximate surface area is 79.9 Å². The topological polar surface area (TPSA) is 50.7 Å². The van der Waals surface area contributed by atoms with Crippen molar-refractivity contribution in [3.63, 3.8) is 0 Å². The zero-order chi connectivity index (χ0) is 10.6. The first kappa shape index (κ1) is 10.9. The summed E-state index contributed by atoms with van der Waals surface area (Å²) in [5.41, 5.74) is -0.559. The van der Waals surface area contributed by atoms with E-state index >= 15 is 0 Å². The van der Waals surface area contributed by atoms with E-state index in [1.165, 1.54) is 0 Å². The van der Waals surface area contributed by atoms with Crippen LogP contribution in [-0.2, 0) is 6.54 Å². The fourth-order valence-corrected chi connectivity index (χ4v) is 1.14. The molecule has 6 heteroatoms. The number of halogens is 2. The van der Waals surface area contributed by atoms with E-state index in [4.69, 9.17) is 0 Å². The number of hydrogen-bond donors (Lipinski definition) is 1. The molecule has 0 aliphatic rings. The summed E-state index contributed by atoms with van der Waals surface area (Å²) in [7, 11) is 0. The first-order valence-electron chi connectivity index (χ1n) is 4.60. The molecule has 0 atom stereocenters. The van der Waals surface area contributed by atoms with Gasteiger partial charge < -0.3 is 0 Å². The minimum atomic E-state index is -2.71. The molecule has 0 aromatic carbocycles. The Bertz CT molecular complexity index is 332. The van der Waals surface area contributed by atoms with Crippen LogP contribution in [0.4, 0.5) is 8.78 Å². The van der Waals surface area contributed by atoms with Crippen LogP contribution in [0.25, 0.3) is 0 Å². The summed E-state index contributed by atoms with van der Waals surface area (Å²) in [6.07, 6.45) is 0.0452. The summed E-state index contributed by atoms with van der Waals surface area (Å²) >= 11 is 0. The van der Waals surface area contributed by atoms with Gasteiger partial charge in [0.15, 0.2) is 5.82 Å². The zero-order valence-corrected chi connectivity index (χ0v) is 7.96. The largest absolute Gasteiger partial charge is 0.343 e. The molecule has 0 fully saturated rings. The van der Waals surface area contributed by atoms with E-state index in [1.54, 1.807) is 0 Å². The number of nitrogens with zero attached hydrogens (tertiary/aromatic N) is 2. The maximum atomic E-state index is 12.1. The van der Waals surface area contributed by atoms with Crippen LogP contribution in [0.15, 0.2) is 4.79 Å². The molecule has 0 aliphatic heterocycles. The summed E-state index contributed by atoms with van der Waals surface area (Å²) in [6.45, 7) is 2.42. The second kappa shape index (κ2) is 4.88. The monoisotopic (exact) mass is 205 g/mol. The number of hydrogen-bond acceptors (Lipinski definition) is 2. The molecular weight excluding hydrogens is 192 g/mol. The van der Waals surface area contributed by atoms with E-state index in [1.807, 2.05) is 11.9 Å². The van der Waals surface area contributed by atoms with Crippen LogP contribution >= 0.6 is 0 Å². The quantitative estimate of drug-likeness (QED) is 0.744. The zero-order valence-electron chi connectivity index (χ0n) is 7.96. The highest BCUT2D eigenvalue weighted by atomic mass is 19.3. The lowest BCUT2D eigenvalue weighted by Gasteiger charge is -1.97. The second-order valence-corrected chi connectivity index (χ2v) is 3.05. The van der Waals surface area contributed by atoms with Crippen LogP contribution in [0.1, 0.15) is 38.4 Å². The van der Waals surface area contributed by atoms with Gasteiger partial charge in [-0.1, -0.05) is 19.8 Å². The molecule has 0 radical (unpaired) electrons. The maximum absolute atomic E-state index is 12.1. The number of nitrogens with one attached hydrogen (secondary N) is 1. The molecule has 0 spiro atoms. The third-order valence-electron chi connectivity index (χ3n) is 1.88. The fourth-order valence-electron chi connectivity index (χ4n) is 1.14. The van der Waals surface area contributed by atoms with Crippen molar-refractivity contribution in [3.05, 3.63) is 16.3 Å². The van der Waals surface area contributed by atoms with Gasteiger partial charge in [-0.05, 0) is 6.42 Å². The van der Waals surface area contributed by atoms with Crippen molar-refractivity contribution in [2.24, 2.45) is 0 Å². The van der Waals surface area contributed by atoms with E-state index in [0.717, 1.165) is 23.9 Å². The molecule has 0 unspecified atom stereocenters. The standard InChI is InChI=1S/C8H13F2N3O/c1-2-3-4-5-13-8(14)11-7(12-13)6(9)10/h6H,2-5H2,1H3,(H,11,12,14). The molecule has 80 valence electrons. The molecule has 0 saturated heterocycles. The van der Waals surface area contributed by atoms with E-state index in [0.29, 0.717) is 6.54 Å². The van der Waals surface area contributed by atoms with Crippen molar-refractivity contribution in [1.82, 2.24) is 14.8 Å². The van der Waals surface area contributed by atoms with Gasteiger partial charge in [0, 0.05) is 6.54 Å². The highest BCUT2D eigenvalue weighted by Gasteiger charge is 2.13. The van der Waals surface area contributed by atoms with Crippen LogP contribution in [-0.4, -0.2) is 14.8 Å². The predicted molar refractivity (Wildman–Crippen MR) is 47.3 cm³/mol. The molecule has 0 amide bonds. The van der Waals surface area contributed by atoms with Gasteiger partial charge >= 0.3 is 5.69 Å². The maximum Gasteiger partial charge on any atom is 0.343 e. The number of alkyl halides is 2. The van der Waals surface area contributed by atoms with Crippen molar-refractivity contribution in [3.8, 4) is 0 Å². The fraction of sp³-hybridized carbons (Fsp3) is 0.750. The van der Waals surface area contributed by atoms with Crippen molar-refractivity contribution in [2.75, 3.05) is 0 Å². The summed E-state index contributed by atoms with van der Waals surface area (Å²) in [6, 6.07) is 0. The average molecular weight is 205 g/mol. The Morgan fingerprint density at radius 2 is 2.21 bits per heavy atom. The van der Waals surface area contributed by atoms with E-state index < -0.39 is 17.9 Å². The van der Waals surface area contributed by atoms with Crippen LogP contribution in [0.3, 0.4) is 0 Å². The molecular formula is C8H13F2N3O. The SMILES string of the molecule is CCCCCn1nc(C(F)F)[nH]c1=O. The lowest BCUT2D eigenvalue weighted by Crippen LogP contribution is -2.17. The molecule has 0 aliphatic carbocycles. The number of aromatic nitrogens is 3. The molecule has 1 N–H and O–H groups in total. The molecule has 0 bridgehead atoms. The van der Waals surface area contributed by atoms with Crippen LogP contribution in [0, 0.1) is 0 Å². The van der Waals surface area contributed by atoms with E-state index in [9.17, 15) is 13.6 Å². The van der Waals surface area contributed by atoms with Crippen LogP contribution in [0.5, 0.6) is 0 Å². The molecule has 4 nitrogen and oxygen atoms in total. The number of aryl methyl sites for hydroxylation is 1. The summed E-state index contributed by atoms with van der Waals surface area (Å²) in [5, 5.41) is 3.48. The average Bonchev–Trinajstić information content (AvgIpc) is 2.49. The Balaban J connectivity index is 2.63. The Morgan fingerprint density at radius 1 is 1.50 bits per heavy atom. The Morgan fingerprint density at radius 3 is 2.71 bits per heavy atom. The number of unbranched alkanes of at least 4 members (excludes halogenated alkanes) is 2. The number of aromatic amines is 1. The first-order chi connectivity index (χ1) is 6.65. The summed E-state index contributed by atoms with van der Waals surface area (Å²) < 4.78 is 25.3. The number of rotatable bonds is 5. The second-order valence-electron chi connectivity index (χ2n) is 3.05. The lowest BCUT2D eigenvalue weighted by molar-refractivity contribution is 0.140. The van der Waals surface area contributed by atoms with Crippen LogP contribution in [0.2, 0.25) is 0 Å². The van der Waals surface area contributed by atoms with Gasteiger partial charge in [0.2, 0.25) is 0 Å². The Kier molecular flexibility index (Phi) is 3.79. The minimum absolute atomic E-state index is 0.399. The molecule has 1 rings (SSSR count). The van der Waals surface area contributed by atoms with E-state index in [-0.39, 0.29) is 0 Å². The van der Waals surface area contributed by atoms with Gasteiger partial charge in [-0.25, -0.2) is 18.3 Å². The van der Waals surface area contributed by atoms with Gasteiger partial charge in [0.1, 0.15) is 0 Å². The third kappa shape index (κ3) is 2.65. The van der Waals surface area contributed by atoms with Gasteiger partial charge in [0.05, 0.1) is 0 Å². The van der Waals surface area contributed by atoms with Gasteiger partial charge in [-0.2, -0.15) is 0 Å². The predicted octanol–water partition coefficient (Wildman–Crippen LogP) is 1.70. The van der Waals surface area contributed by atoms with Crippen LogP contribution < -0.4 is 5.69 Å². The summed E-state index contributed by atoms with van der Waals surface area (Å²) in [4.78, 5) is 13.1. The van der Waals surface area contributed by atoms with Gasteiger partial charge in [0.25, 0.3) is 6.43 Å². The highest BCUT2D eigenvalue weighted by molar-refractivity contribution is 4.83. The van der Waals surface area contributed by atoms with Gasteiger partial charge in [-0.3, -0.25) is 4.98 Å². The molecule has 0 saturated carbocycles. The van der Waals surface area contributed by atoms with Crippen molar-refractivity contribution in [1.29, 1.82) is 0 Å². The van der Waals surface area contributed by atoms with Crippen molar-refractivity contribution >= 4 is 0 Å². The van der Waals surface area contributed by atoms with Crippen molar-refractivity contribution in [2.45, 2.75) is 39.2 Å². The third-order valence-corrected chi connectivity index (χ3v) is 1.88. The number of H-pyrrole nitrogens is 1. The molecule has 1 aromatic rings. The molecule has 1 aromatic heterocycles. The van der Waals surface area contributed by atoms with Crippen molar-refractivity contribution < 1.29 is 8.78 Å². The normalized spacial score (nSPS) is 11.1. The molecule has 1 heterocycles. The van der Waals surface area contributed by atoms with E-state index in [2.05, 4.69) is 5.10 Å². The smallest absolute Gasteiger partial charge is 0.288 e. The Hall–Kier alpha value is -1.20.